The molecule has 1 heteroatoms. The number of aryl methyl sites for hydroxylation is 1. The Morgan fingerprint density at radius 1 is 1.50 bits per heavy atom. The van der Waals surface area contributed by atoms with E-state index in [1.807, 2.05) is 18.2 Å². The maximum atomic E-state index is 5.22. The fraction of sp³-hybridized carbons (Fsp3) is 0.111. The predicted molar refractivity (Wildman–Crippen MR) is 51.8 cm³/mol. The number of halogens is 1. The minimum atomic E-state index is 0.956. The van der Waals surface area contributed by atoms with Gasteiger partial charge in [-0.15, -0.1) is 6.42 Å². The van der Waals surface area contributed by atoms with Crippen molar-refractivity contribution in [2.75, 3.05) is 0 Å². The van der Waals surface area contributed by atoms with Gasteiger partial charge in [0.05, 0.1) is 0 Å². The smallest absolute Gasteiger partial charge is 0.0245 e. The minimum absolute atomic E-state index is 0.956. The Balaban J connectivity index is 3.20. The lowest BCUT2D eigenvalue weighted by Crippen LogP contribution is -1.80. The summed E-state index contributed by atoms with van der Waals surface area (Å²) in [5.41, 5.74) is 2.20. The van der Waals surface area contributed by atoms with E-state index in [4.69, 9.17) is 6.42 Å². The highest BCUT2D eigenvalue weighted by atomic mass is 127. The van der Waals surface area contributed by atoms with Gasteiger partial charge in [-0.25, -0.2) is 0 Å². The summed E-state index contributed by atoms with van der Waals surface area (Å²) in [5, 5.41) is 0. The van der Waals surface area contributed by atoms with Crippen LogP contribution in [0.2, 0.25) is 0 Å². The summed E-state index contributed by atoms with van der Waals surface area (Å²) in [7, 11) is 0. The summed E-state index contributed by atoms with van der Waals surface area (Å²) in [5.74, 6) is 2.59. The van der Waals surface area contributed by atoms with Crippen molar-refractivity contribution in [3.63, 3.8) is 0 Å². The SMILES string of the molecule is C#Cc1ccc(I)c(C)c1. The van der Waals surface area contributed by atoms with Crippen molar-refractivity contribution in [2.24, 2.45) is 0 Å². The molecule has 1 aromatic rings. The third kappa shape index (κ3) is 1.51. The number of rotatable bonds is 0. The van der Waals surface area contributed by atoms with Gasteiger partial charge in [-0.1, -0.05) is 5.92 Å². The largest absolute Gasteiger partial charge is 0.115 e. The van der Waals surface area contributed by atoms with Crippen LogP contribution in [0.1, 0.15) is 11.1 Å². The van der Waals surface area contributed by atoms with Crippen LogP contribution in [-0.4, -0.2) is 0 Å². The van der Waals surface area contributed by atoms with Crippen LogP contribution in [0.4, 0.5) is 0 Å². The Bertz CT molecular complexity index is 281. The zero-order chi connectivity index (χ0) is 7.56. The molecule has 50 valence electrons. The molecule has 10 heavy (non-hydrogen) atoms. The van der Waals surface area contributed by atoms with Gasteiger partial charge in [-0.3, -0.25) is 0 Å². The normalized spacial score (nSPS) is 8.90. The quantitative estimate of drug-likeness (QED) is 0.484. The molecule has 1 aromatic carbocycles. The highest BCUT2D eigenvalue weighted by molar-refractivity contribution is 14.1. The number of hydrogen-bond donors (Lipinski definition) is 0. The van der Waals surface area contributed by atoms with Crippen LogP contribution in [0.5, 0.6) is 0 Å². The van der Waals surface area contributed by atoms with Crippen LogP contribution in [0.3, 0.4) is 0 Å². The molecule has 0 heterocycles. The number of hydrogen-bond acceptors (Lipinski definition) is 0. The van der Waals surface area contributed by atoms with Crippen LogP contribution in [0.25, 0.3) is 0 Å². The van der Waals surface area contributed by atoms with E-state index >= 15 is 0 Å². The van der Waals surface area contributed by atoms with E-state index in [0.717, 1.165) is 5.56 Å². The summed E-state index contributed by atoms with van der Waals surface area (Å²) in [6.07, 6.45) is 5.22. The Labute approximate surface area is 74.8 Å². The van der Waals surface area contributed by atoms with Crippen LogP contribution in [0, 0.1) is 22.8 Å². The van der Waals surface area contributed by atoms with Gasteiger partial charge < -0.3 is 0 Å². The first-order chi connectivity index (χ1) is 4.74. The molecule has 0 N–H and O–H groups in total. The zero-order valence-electron chi connectivity index (χ0n) is 5.69. The van der Waals surface area contributed by atoms with Gasteiger partial charge in [-0.2, -0.15) is 0 Å². The minimum Gasteiger partial charge on any atom is -0.115 e. The molecule has 0 aromatic heterocycles. The second-order valence-corrected chi connectivity index (χ2v) is 3.27. The average molecular weight is 242 g/mol. The maximum Gasteiger partial charge on any atom is 0.0245 e. The van der Waals surface area contributed by atoms with Crippen LogP contribution >= 0.6 is 22.6 Å². The molecular weight excluding hydrogens is 235 g/mol. The van der Waals surface area contributed by atoms with Gasteiger partial charge in [-0.05, 0) is 53.3 Å². The monoisotopic (exact) mass is 242 g/mol. The molecule has 0 amide bonds. The second kappa shape index (κ2) is 3.07. The van der Waals surface area contributed by atoms with E-state index in [2.05, 4.69) is 35.4 Å². The first-order valence-corrected chi connectivity index (χ1v) is 4.04. The molecule has 0 radical (unpaired) electrons. The maximum absolute atomic E-state index is 5.22. The van der Waals surface area contributed by atoms with Crippen LogP contribution < -0.4 is 0 Å². The molecule has 0 unspecified atom stereocenters. The Kier molecular flexibility index (Phi) is 2.34. The summed E-state index contributed by atoms with van der Waals surface area (Å²) in [6.45, 7) is 2.06. The molecule has 0 saturated carbocycles. The number of terminal acetylenes is 1. The Hall–Kier alpha value is -0.490. The van der Waals surface area contributed by atoms with E-state index in [0.29, 0.717) is 0 Å². The second-order valence-electron chi connectivity index (χ2n) is 2.11. The zero-order valence-corrected chi connectivity index (χ0v) is 7.84. The first kappa shape index (κ1) is 7.62. The van der Waals surface area contributed by atoms with Gasteiger partial charge in [0.25, 0.3) is 0 Å². The highest BCUT2D eigenvalue weighted by Gasteiger charge is 1.92. The van der Waals surface area contributed by atoms with E-state index in [1.54, 1.807) is 0 Å². The summed E-state index contributed by atoms with van der Waals surface area (Å²) in [6, 6.07) is 6.00. The first-order valence-electron chi connectivity index (χ1n) is 2.97. The van der Waals surface area contributed by atoms with Crippen LogP contribution in [0.15, 0.2) is 18.2 Å². The molecule has 1 rings (SSSR count). The summed E-state index contributed by atoms with van der Waals surface area (Å²) < 4.78 is 1.26. The predicted octanol–water partition coefficient (Wildman–Crippen LogP) is 2.58. The van der Waals surface area contributed by atoms with Crippen molar-refractivity contribution in [1.29, 1.82) is 0 Å². The average Bonchev–Trinajstić information content (AvgIpc) is 1.95. The third-order valence-electron chi connectivity index (χ3n) is 1.32. The van der Waals surface area contributed by atoms with Crippen molar-refractivity contribution in [1.82, 2.24) is 0 Å². The van der Waals surface area contributed by atoms with Gasteiger partial charge in [0.1, 0.15) is 0 Å². The summed E-state index contributed by atoms with van der Waals surface area (Å²) >= 11 is 2.29. The van der Waals surface area contributed by atoms with Gasteiger partial charge >= 0.3 is 0 Å². The van der Waals surface area contributed by atoms with Gasteiger partial charge in [0.15, 0.2) is 0 Å². The molecule has 0 fully saturated rings. The van der Waals surface area contributed by atoms with Gasteiger partial charge in [0.2, 0.25) is 0 Å². The Morgan fingerprint density at radius 2 is 2.20 bits per heavy atom. The molecule has 0 aliphatic heterocycles. The van der Waals surface area contributed by atoms with E-state index in [-0.39, 0.29) is 0 Å². The van der Waals surface area contributed by atoms with E-state index in [1.165, 1.54) is 9.13 Å². The molecular formula is C9H7I. The number of benzene rings is 1. The van der Waals surface area contributed by atoms with Crippen molar-refractivity contribution in [3.05, 3.63) is 32.9 Å². The Morgan fingerprint density at radius 3 is 2.70 bits per heavy atom. The lowest BCUT2D eigenvalue weighted by atomic mass is 10.1. The standard InChI is InChI=1S/C9H7I/c1-3-8-4-5-9(10)7(2)6-8/h1,4-6H,2H3. The lowest BCUT2D eigenvalue weighted by molar-refractivity contribution is 1.41. The molecule has 0 aliphatic carbocycles. The van der Waals surface area contributed by atoms with E-state index in [9.17, 15) is 0 Å². The topological polar surface area (TPSA) is 0 Å². The van der Waals surface area contributed by atoms with Crippen molar-refractivity contribution in [2.45, 2.75) is 6.92 Å². The molecule has 0 spiro atoms. The van der Waals surface area contributed by atoms with Crippen molar-refractivity contribution < 1.29 is 0 Å². The molecule has 0 nitrogen and oxygen atoms in total. The lowest BCUT2D eigenvalue weighted by Gasteiger charge is -1.96. The van der Waals surface area contributed by atoms with Crippen molar-refractivity contribution >= 4 is 22.6 Å². The summed E-state index contributed by atoms with van der Waals surface area (Å²) in [4.78, 5) is 0. The molecule has 0 bridgehead atoms. The van der Waals surface area contributed by atoms with Crippen LogP contribution in [-0.2, 0) is 0 Å². The fourth-order valence-corrected chi connectivity index (χ4v) is 1.07. The molecule has 0 aliphatic rings. The molecule has 0 atom stereocenters. The van der Waals surface area contributed by atoms with Crippen molar-refractivity contribution in [3.8, 4) is 12.3 Å². The van der Waals surface area contributed by atoms with E-state index < -0.39 is 0 Å². The third-order valence-corrected chi connectivity index (χ3v) is 2.53. The van der Waals surface area contributed by atoms with Gasteiger partial charge in [0, 0.05) is 9.13 Å². The molecule has 0 saturated heterocycles. The fourth-order valence-electron chi connectivity index (χ4n) is 0.734. The highest BCUT2D eigenvalue weighted by Crippen LogP contribution is 2.11.